The van der Waals surface area contributed by atoms with Gasteiger partial charge in [-0.2, -0.15) is 0 Å². The Kier molecular flexibility index (Phi) is 6.52. The first-order valence-electron chi connectivity index (χ1n) is 11.1. The number of morpholine rings is 1. The molecule has 1 amide bonds. The van der Waals surface area contributed by atoms with Crippen molar-refractivity contribution in [2.45, 2.75) is 12.5 Å². The standard InChI is InChI=1S/C23H26ClN5O3S/c1-28-7-6-25-22(28)15-2-3-17(19(12-15)29-8-10-31-11-9-29)18-13-16(32-27-18)14-26-23(30)20-4-5-21(24)33-20/h2-5,12,16H,6-11,13-14H2,1H3,(H,26,30). The molecule has 2 aromatic rings. The number of nitrogens with zero attached hydrogens (tertiary/aromatic N) is 4. The maximum atomic E-state index is 12.3. The number of aliphatic imine (C=N–C) groups is 1. The Bertz CT molecular complexity index is 1100. The Morgan fingerprint density at radius 1 is 1.24 bits per heavy atom. The summed E-state index contributed by atoms with van der Waals surface area (Å²) in [4.78, 5) is 27.8. The van der Waals surface area contributed by atoms with Crippen LogP contribution >= 0.6 is 22.9 Å². The molecule has 1 saturated heterocycles. The first-order chi connectivity index (χ1) is 16.1. The monoisotopic (exact) mass is 487 g/mol. The molecule has 0 radical (unpaired) electrons. The predicted molar refractivity (Wildman–Crippen MR) is 131 cm³/mol. The molecule has 1 fully saturated rings. The molecule has 1 aromatic carbocycles. The molecule has 4 heterocycles. The molecule has 3 aliphatic rings. The van der Waals surface area contributed by atoms with Crippen LogP contribution in [0.1, 0.15) is 27.2 Å². The second kappa shape index (κ2) is 9.70. The minimum Gasteiger partial charge on any atom is -0.390 e. The molecular weight excluding hydrogens is 462 g/mol. The minimum absolute atomic E-state index is 0.149. The first kappa shape index (κ1) is 22.2. The number of amides is 1. The van der Waals surface area contributed by atoms with Gasteiger partial charge in [0.05, 0.1) is 41.2 Å². The number of hydrogen-bond donors (Lipinski definition) is 1. The van der Waals surface area contributed by atoms with Gasteiger partial charge in [-0.3, -0.25) is 9.79 Å². The van der Waals surface area contributed by atoms with Crippen molar-refractivity contribution in [3.05, 3.63) is 50.7 Å². The van der Waals surface area contributed by atoms with Crippen molar-refractivity contribution in [3.63, 3.8) is 0 Å². The highest BCUT2D eigenvalue weighted by molar-refractivity contribution is 7.18. The van der Waals surface area contributed by atoms with Crippen molar-refractivity contribution in [1.82, 2.24) is 10.2 Å². The first-order valence-corrected chi connectivity index (χ1v) is 12.3. The number of carbonyl (C=O) groups is 1. The van der Waals surface area contributed by atoms with Gasteiger partial charge in [-0.25, -0.2) is 0 Å². The normalized spacial score (nSPS) is 20.5. The fourth-order valence-corrected chi connectivity index (χ4v) is 5.21. The van der Waals surface area contributed by atoms with E-state index < -0.39 is 0 Å². The molecule has 0 bridgehead atoms. The fourth-order valence-electron chi connectivity index (χ4n) is 4.25. The van der Waals surface area contributed by atoms with Crippen molar-refractivity contribution >= 4 is 46.1 Å². The van der Waals surface area contributed by atoms with Gasteiger partial charge in [-0.15, -0.1) is 11.3 Å². The molecule has 0 saturated carbocycles. The van der Waals surface area contributed by atoms with Gasteiger partial charge < -0.3 is 24.7 Å². The second-order valence-corrected chi connectivity index (χ2v) is 9.96. The van der Waals surface area contributed by atoms with Crippen LogP contribution in [0, 0.1) is 0 Å². The highest BCUT2D eigenvalue weighted by atomic mass is 35.5. The quantitative estimate of drug-likeness (QED) is 0.678. The van der Waals surface area contributed by atoms with Gasteiger partial charge in [0.1, 0.15) is 11.9 Å². The van der Waals surface area contributed by atoms with Crippen LogP contribution < -0.4 is 10.2 Å². The lowest BCUT2D eigenvalue weighted by molar-refractivity contribution is 0.0755. The smallest absolute Gasteiger partial charge is 0.261 e. The molecule has 1 unspecified atom stereocenters. The van der Waals surface area contributed by atoms with Crippen LogP contribution in [0.15, 0.2) is 40.5 Å². The molecule has 8 nitrogen and oxygen atoms in total. The Balaban J connectivity index is 1.31. The molecule has 5 rings (SSSR count). The number of halogens is 1. The minimum atomic E-state index is -0.207. The zero-order valence-electron chi connectivity index (χ0n) is 18.4. The number of rotatable bonds is 6. The van der Waals surface area contributed by atoms with Crippen LogP contribution in [0.25, 0.3) is 0 Å². The SMILES string of the molecule is CN1CCN=C1c1ccc(C2=NOC(CNC(=O)c3ccc(Cl)s3)C2)c(N2CCOCC2)c1. The third kappa shape index (κ3) is 4.85. The second-order valence-electron chi connectivity index (χ2n) is 8.24. The third-order valence-electron chi connectivity index (χ3n) is 6.00. The molecule has 0 spiro atoms. The van der Waals surface area contributed by atoms with Gasteiger partial charge in [0.25, 0.3) is 5.91 Å². The summed E-state index contributed by atoms with van der Waals surface area (Å²) in [6.07, 6.45) is 0.421. The maximum Gasteiger partial charge on any atom is 0.261 e. The fraction of sp³-hybridized carbons (Fsp3) is 0.435. The van der Waals surface area contributed by atoms with E-state index in [1.807, 2.05) is 0 Å². The van der Waals surface area contributed by atoms with Crippen molar-refractivity contribution in [1.29, 1.82) is 0 Å². The Morgan fingerprint density at radius 2 is 2.09 bits per heavy atom. The number of carbonyl (C=O) groups excluding carboxylic acids is 1. The highest BCUT2D eigenvalue weighted by Gasteiger charge is 2.28. The number of amidine groups is 1. The van der Waals surface area contributed by atoms with E-state index in [4.69, 9.17) is 21.2 Å². The van der Waals surface area contributed by atoms with Gasteiger partial charge in [0.2, 0.25) is 0 Å². The zero-order chi connectivity index (χ0) is 22.8. The number of hydrogen-bond acceptors (Lipinski definition) is 8. The number of likely N-dealkylation sites (N-methyl/N-ethyl adjacent to an activating group) is 1. The van der Waals surface area contributed by atoms with E-state index in [-0.39, 0.29) is 12.0 Å². The van der Waals surface area contributed by atoms with E-state index in [0.717, 1.165) is 54.5 Å². The van der Waals surface area contributed by atoms with Gasteiger partial charge >= 0.3 is 0 Å². The van der Waals surface area contributed by atoms with Gasteiger partial charge in [-0.1, -0.05) is 28.9 Å². The molecular formula is C23H26ClN5O3S. The summed E-state index contributed by atoms with van der Waals surface area (Å²) in [6, 6.07) is 9.88. The predicted octanol–water partition coefficient (Wildman–Crippen LogP) is 2.85. The van der Waals surface area contributed by atoms with Gasteiger partial charge in [-0.05, 0) is 18.2 Å². The van der Waals surface area contributed by atoms with Crippen LogP contribution in [-0.4, -0.2) is 81.4 Å². The molecule has 3 aliphatic heterocycles. The molecule has 174 valence electrons. The van der Waals surface area contributed by atoms with E-state index in [2.05, 4.69) is 50.5 Å². The van der Waals surface area contributed by atoms with Crippen LogP contribution in [0.5, 0.6) is 0 Å². The lowest BCUT2D eigenvalue weighted by atomic mass is 9.99. The van der Waals surface area contributed by atoms with E-state index in [1.54, 1.807) is 12.1 Å². The summed E-state index contributed by atoms with van der Waals surface area (Å²) in [5.74, 6) is 0.874. The number of ether oxygens (including phenoxy) is 1. The summed E-state index contributed by atoms with van der Waals surface area (Å²) >= 11 is 7.19. The van der Waals surface area contributed by atoms with Crippen molar-refractivity contribution in [2.24, 2.45) is 10.1 Å². The average Bonchev–Trinajstić information content (AvgIpc) is 3.59. The summed E-state index contributed by atoms with van der Waals surface area (Å²) in [5, 5.41) is 7.31. The number of anilines is 1. The van der Waals surface area contributed by atoms with E-state index >= 15 is 0 Å². The third-order valence-corrected chi connectivity index (χ3v) is 7.23. The lowest BCUT2D eigenvalue weighted by Crippen LogP contribution is -2.37. The molecule has 1 aromatic heterocycles. The topological polar surface area (TPSA) is 78.8 Å². The van der Waals surface area contributed by atoms with Crippen LogP contribution in [0.3, 0.4) is 0 Å². The Hall–Kier alpha value is -2.62. The van der Waals surface area contributed by atoms with Crippen LogP contribution in [-0.2, 0) is 9.57 Å². The summed E-state index contributed by atoms with van der Waals surface area (Å²) in [7, 11) is 2.08. The van der Waals surface area contributed by atoms with Gasteiger partial charge in [0, 0.05) is 49.9 Å². The van der Waals surface area contributed by atoms with Crippen molar-refractivity contribution < 1.29 is 14.4 Å². The zero-order valence-corrected chi connectivity index (χ0v) is 20.0. The number of thiophene rings is 1. The molecule has 10 heteroatoms. The Labute approximate surface area is 201 Å². The summed E-state index contributed by atoms with van der Waals surface area (Å²) < 4.78 is 6.16. The molecule has 33 heavy (non-hydrogen) atoms. The van der Waals surface area contributed by atoms with E-state index in [9.17, 15) is 4.79 Å². The maximum absolute atomic E-state index is 12.3. The summed E-state index contributed by atoms with van der Waals surface area (Å²) in [5.41, 5.74) is 4.18. The summed E-state index contributed by atoms with van der Waals surface area (Å²) in [6.45, 7) is 5.21. The molecule has 0 aliphatic carbocycles. The van der Waals surface area contributed by atoms with E-state index in [0.29, 0.717) is 35.4 Å². The Morgan fingerprint density at radius 3 is 2.82 bits per heavy atom. The number of benzene rings is 1. The number of nitrogens with one attached hydrogen (secondary N) is 1. The van der Waals surface area contributed by atoms with E-state index in [1.165, 1.54) is 11.3 Å². The van der Waals surface area contributed by atoms with Crippen LogP contribution in [0.2, 0.25) is 4.34 Å². The average molecular weight is 488 g/mol. The van der Waals surface area contributed by atoms with Crippen molar-refractivity contribution in [2.75, 3.05) is 57.9 Å². The molecule has 1 N–H and O–H groups in total. The molecule has 1 atom stereocenters. The van der Waals surface area contributed by atoms with Crippen LogP contribution in [0.4, 0.5) is 5.69 Å². The van der Waals surface area contributed by atoms with Crippen molar-refractivity contribution in [3.8, 4) is 0 Å². The largest absolute Gasteiger partial charge is 0.390 e. The lowest BCUT2D eigenvalue weighted by Gasteiger charge is -2.31. The van der Waals surface area contributed by atoms with Gasteiger partial charge in [0.15, 0.2) is 0 Å². The number of oxime groups is 1. The highest BCUT2D eigenvalue weighted by Crippen LogP contribution is 2.29.